The van der Waals surface area contributed by atoms with Gasteiger partial charge in [-0.3, -0.25) is 14.9 Å². The third-order valence-electron chi connectivity index (χ3n) is 16.1. The molecule has 2 fully saturated rings. The van der Waals surface area contributed by atoms with Crippen LogP contribution >= 0.6 is 0 Å². The molecule has 9 atom stereocenters. The molecule has 3 aromatic carbocycles. The maximum absolute atomic E-state index is 14.8. The lowest BCUT2D eigenvalue weighted by molar-refractivity contribution is -0.168. The van der Waals surface area contributed by atoms with E-state index in [0.717, 1.165) is 54.4 Å². The summed E-state index contributed by atoms with van der Waals surface area (Å²) in [5.74, 6) is -1.36. The van der Waals surface area contributed by atoms with E-state index in [9.17, 15) is 35.1 Å². The molecule has 2 aliphatic heterocycles. The van der Waals surface area contributed by atoms with Crippen molar-refractivity contribution in [2.45, 2.75) is 153 Å². The number of benzene rings is 3. The van der Waals surface area contributed by atoms with E-state index in [1.54, 1.807) is 0 Å². The Labute approximate surface area is 410 Å². The number of aliphatic hydroxyl groups excluding tert-OH is 4. The predicted molar refractivity (Wildman–Crippen MR) is 274 cm³/mol. The van der Waals surface area contributed by atoms with Crippen molar-refractivity contribution in [1.29, 1.82) is 0 Å². The Morgan fingerprint density at radius 2 is 1.68 bits per heavy atom. The van der Waals surface area contributed by atoms with Crippen LogP contribution in [0, 0.1) is 17.3 Å². The van der Waals surface area contributed by atoms with Gasteiger partial charge in [-0.25, -0.2) is 0 Å². The van der Waals surface area contributed by atoms with Gasteiger partial charge in [-0.05, 0) is 161 Å². The summed E-state index contributed by atoms with van der Waals surface area (Å²) < 4.78 is 0. The highest BCUT2D eigenvalue weighted by Gasteiger charge is 2.64. The number of aryl methyl sites for hydroxylation is 2. The van der Waals surface area contributed by atoms with Crippen LogP contribution in [0.5, 0.6) is 0 Å². The molecule has 0 aromatic heterocycles. The number of allylic oxidation sites excluding steroid dienone is 8. The van der Waals surface area contributed by atoms with Gasteiger partial charge in [-0.2, -0.15) is 0 Å². The maximum Gasteiger partial charge on any atom is 0.243 e. The highest BCUT2D eigenvalue weighted by atomic mass is 16.3. The first-order valence-corrected chi connectivity index (χ1v) is 25.5. The topological polar surface area (TPSA) is 185 Å². The Morgan fingerprint density at radius 1 is 0.913 bits per heavy atom. The smallest absolute Gasteiger partial charge is 0.243 e. The van der Waals surface area contributed by atoms with Crippen LogP contribution in [-0.2, 0) is 35.3 Å². The molecular weight excluding hydrogens is 863 g/mol. The molecular formula is C59H77N3O7. The number of β-amino-alcohol motifs (C(OH)–C–C–N with tert-alkyl or cyclic N) is 1. The molecule has 2 aliphatic carbocycles. The van der Waals surface area contributed by atoms with Crippen molar-refractivity contribution < 1.29 is 35.1 Å². The second-order valence-electron chi connectivity index (χ2n) is 20.7. The Morgan fingerprint density at radius 3 is 2.46 bits per heavy atom. The van der Waals surface area contributed by atoms with Crippen LogP contribution in [0.25, 0.3) is 0 Å². The number of carbonyl (C=O) groups excluding carboxylic acids is 2. The first-order chi connectivity index (χ1) is 33.1. The molecule has 10 nitrogen and oxygen atoms in total. The van der Waals surface area contributed by atoms with E-state index in [1.807, 2.05) is 74.5 Å². The minimum absolute atomic E-state index is 0.00250. The van der Waals surface area contributed by atoms with E-state index in [4.69, 9.17) is 5.73 Å². The Kier molecular flexibility index (Phi) is 17.7. The second kappa shape index (κ2) is 23.4. The van der Waals surface area contributed by atoms with E-state index in [0.29, 0.717) is 85.6 Å². The molecule has 1 amide bonds. The zero-order valence-corrected chi connectivity index (χ0v) is 41.1. The van der Waals surface area contributed by atoms with Crippen LogP contribution in [-0.4, -0.2) is 74.3 Å². The van der Waals surface area contributed by atoms with Gasteiger partial charge in [-0.15, -0.1) is 0 Å². The van der Waals surface area contributed by atoms with Gasteiger partial charge in [0.25, 0.3) is 0 Å². The van der Waals surface area contributed by atoms with Crippen LogP contribution < -0.4 is 16.4 Å². The molecule has 0 saturated heterocycles. The van der Waals surface area contributed by atoms with Gasteiger partial charge in [-0.1, -0.05) is 120 Å². The van der Waals surface area contributed by atoms with Crippen molar-refractivity contribution in [3.63, 3.8) is 0 Å². The van der Waals surface area contributed by atoms with Crippen LogP contribution in [0.4, 0.5) is 0 Å². The van der Waals surface area contributed by atoms with Gasteiger partial charge >= 0.3 is 0 Å². The highest BCUT2D eigenvalue weighted by Crippen LogP contribution is 2.63. The quantitative estimate of drug-likeness (QED) is 0.0693. The Hall–Kier alpha value is -4.78. The van der Waals surface area contributed by atoms with E-state index in [-0.39, 0.29) is 31.3 Å². The van der Waals surface area contributed by atoms with Crippen molar-refractivity contribution in [1.82, 2.24) is 10.6 Å². The van der Waals surface area contributed by atoms with Crippen molar-refractivity contribution in [2.75, 3.05) is 13.2 Å². The molecule has 9 N–H and O–H groups in total. The number of carbonyl (C=O) groups is 2. The second-order valence-corrected chi connectivity index (χ2v) is 20.7. The van der Waals surface area contributed by atoms with E-state index < -0.39 is 53.4 Å². The summed E-state index contributed by atoms with van der Waals surface area (Å²) in [6, 6.07) is 23.3. The maximum atomic E-state index is 14.8. The summed E-state index contributed by atoms with van der Waals surface area (Å²) in [6.07, 6.45) is 13.7. The number of ketones is 1. The van der Waals surface area contributed by atoms with Crippen molar-refractivity contribution in [3.05, 3.63) is 165 Å². The van der Waals surface area contributed by atoms with Gasteiger partial charge in [0.1, 0.15) is 12.2 Å². The Balaban J connectivity index is 1.15. The SMILES string of the molecule is C=C(/C=C/C=C(/CO)[C@H]1CC[C@@]2([C@@H]3CC[C@H](O)Cc4cccc(c4)CC[C@H](O)CN[C@@H]4C(=O)N[C@H](N)c5cccc(c54)CC(=O)/C(C)=C/3CC[C@@]2(C)O)[C@@H]1O)CC/C=C(/C)CCCc1ccccc1. The van der Waals surface area contributed by atoms with Crippen LogP contribution in [0.2, 0.25) is 0 Å². The lowest BCUT2D eigenvalue weighted by Crippen LogP contribution is -2.59. The average Bonchev–Trinajstić information content (AvgIpc) is 3.67. The molecule has 7 rings (SSSR count). The molecule has 370 valence electrons. The molecule has 2 heterocycles. The molecule has 0 unspecified atom stereocenters. The third-order valence-corrected chi connectivity index (χ3v) is 16.1. The van der Waals surface area contributed by atoms with Crippen molar-refractivity contribution >= 4 is 11.7 Å². The fourth-order valence-electron chi connectivity index (χ4n) is 12.1. The molecule has 69 heavy (non-hydrogen) atoms. The number of aliphatic hydroxyl groups is 5. The number of rotatable bonds is 11. The standard InChI is InChI=1S/C59H77N3O7/c1-38(15-9-19-41-17-6-5-7-18-41)13-8-14-39(2)16-10-23-45(37-63)49-30-32-59(55(49)67)51-28-27-46(64)34-43-21-11-20-42(33-43)25-26-47(65)36-61-54-53-44(22-12-24-50(53)56(60)62-57(54)68)35-52(66)40(3)48(51)29-31-58(59,4)69/h5-7,10-13,16-18,20-24,33,46-47,49,51,54-56,61,63-65,67,69H,2,8-9,14-15,19,25-32,34-37,60H2,1,3-4H3,(H,62,68)/b16-10+,38-13-,45-23-,48-40+/t46-,47-,49+,51+,54-,55+,56-,58+,59+/m0/s1. The van der Waals surface area contributed by atoms with Crippen molar-refractivity contribution in [3.8, 4) is 0 Å². The van der Waals surface area contributed by atoms with E-state index in [1.165, 1.54) is 11.1 Å². The minimum atomic E-state index is -1.32. The van der Waals surface area contributed by atoms with Gasteiger partial charge in [0.2, 0.25) is 5.91 Å². The zero-order valence-electron chi connectivity index (χ0n) is 41.1. The van der Waals surface area contributed by atoms with Crippen LogP contribution in [0.3, 0.4) is 0 Å². The monoisotopic (exact) mass is 940 g/mol. The Bertz CT molecular complexity index is 2420. The minimum Gasteiger partial charge on any atom is -0.393 e. The molecule has 0 radical (unpaired) electrons. The molecule has 2 bridgehead atoms. The number of nitrogens with one attached hydrogen (secondary N) is 2. The normalized spacial score (nSPS) is 30.8. The van der Waals surface area contributed by atoms with Gasteiger partial charge in [0.05, 0.1) is 30.5 Å². The number of hydrogen-bond donors (Lipinski definition) is 8. The number of Topliss-reactive ketones (excluding diaryl/α,β-unsaturated/α-hetero) is 1. The number of nitrogens with two attached hydrogens (primary N) is 1. The van der Waals surface area contributed by atoms with Crippen molar-refractivity contribution in [2.24, 2.45) is 23.0 Å². The highest BCUT2D eigenvalue weighted by molar-refractivity contribution is 5.98. The molecule has 1 spiro atoms. The zero-order chi connectivity index (χ0) is 49.3. The van der Waals surface area contributed by atoms with Crippen LogP contribution in [0.15, 0.2) is 132 Å². The largest absolute Gasteiger partial charge is 0.393 e. The lowest BCUT2D eigenvalue weighted by Gasteiger charge is -2.56. The molecule has 3 aromatic rings. The van der Waals surface area contributed by atoms with Gasteiger partial charge < -0.3 is 36.6 Å². The van der Waals surface area contributed by atoms with E-state index >= 15 is 0 Å². The fraction of sp³-hybridized carbons (Fsp3) is 0.492. The van der Waals surface area contributed by atoms with E-state index in [2.05, 4.69) is 60.5 Å². The summed E-state index contributed by atoms with van der Waals surface area (Å²) >= 11 is 0. The molecule has 4 aliphatic rings. The third kappa shape index (κ3) is 12.2. The first kappa shape index (κ1) is 52.1. The summed E-state index contributed by atoms with van der Waals surface area (Å²) in [5, 5.41) is 65.2. The van der Waals surface area contributed by atoms with Crippen LogP contribution in [0.1, 0.15) is 137 Å². The fourth-order valence-corrected chi connectivity index (χ4v) is 12.1. The average molecular weight is 940 g/mol. The number of fused-ring (bicyclic) bond motifs is 4. The number of hydrogen-bond acceptors (Lipinski definition) is 9. The van der Waals surface area contributed by atoms with Gasteiger partial charge in [0.15, 0.2) is 5.78 Å². The molecule has 2 saturated carbocycles. The van der Waals surface area contributed by atoms with Gasteiger partial charge in [0, 0.05) is 24.3 Å². The molecule has 10 heteroatoms. The summed E-state index contributed by atoms with van der Waals surface area (Å²) in [5.41, 5.74) is 13.9. The lowest BCUT2D eigenvalue weighted by atomic mass is 9.52. The predicted octanol–water partition coefficient (Wildman–Crippen LogP) is 8.22. The number of amides is 1. The summed E-state index contributed by atoms with van der Waals surface area (Å²) in [4.78, 5) is 28.3. The summed E-state index contributed by atoms with van der Waals surface area (Å²) in [6.45, 7) is 10.0. The first-order valence-electron chi connectivity index (χ1n) is 25.5. The summed E-state index contributed by atoms with van der Waals surface area (Å²) in [7, 11) is 0.